The Hall–Kier alpha value is -2.70. The molecule has 1 amide bonds. The smallest absolute Gasteiger partial charge is 0.227 e. The number of nitrogens with zero attached hydrogens (tertiary/aromatic N) is 2. The van der Waals surface area contributed by atoms with Crippen LogP contribution in [-0.2, 0) is 18.5 Å². The number of hydrogen-bond acceptors (Lipinski definition) is 2. The van der Waals surface area contributed by atoms with E-state index in [9.17, 15) is 4.79 Å². The Kier molecular flexibility index (Phi) is 5.92. The number of benzene rings is 2. The topological polar surface area (TPSA) is 43.4 Å². The number of amides is 1. The summed E-state index contributed by atoms with van der Waals surface area (Å²) in [5.41, 5.74) is 3.18. The van der Waals surface area contributed by atoms with Crippen LogP contribution in [0.3, 0.4) is 0 Å². The first-order valence-electron chi connectivity index (χ1n) is 10.1. The molecule has 0 saturated carbocycles. The van der Waals surface area contributed by atoms with Crippen molar-refractivity contribution in [2.75, 3.05) is 18.4 Å². The van der Waals surface area contributed by atoms with Gasteiger partial charge in [0.1, 0.15) is 0 Å². The van der Waals surface area contributed by atoms with Crippen molar-refractivity contribution in [3.63, 3.8) is 0 Å². The van der Waals surface area contributed by atoms with Gasteiger partial charge < -0.3 is 14.8 Å². The second-order valence-corrected chi connectivity index (χ2v) is 8.09. The van der Waals surface area contributed by atoms with Gasteiger partial charge >= 0.3 is 0 Å². The highest BCUT2D eigenvalue weighted by Crippen LogP contribution is 2.19. The van der Waals surface area contributed by atoms with Gasteiger partial charge in [0.25, 0.3) is 0 Å². The molecule has 1 aliphatic rings. The SMILES string of the molecule is Cn1c(-c2ccccc2)cn(C[NH+]2CCC(C(=O)Nc3ccccc3)CC2)c1=S. The van der Waals surface area contributed by atoms with Gasteiger partial charge in [0.15, 0.2) is 11.4 Å². The number of rotatable bonds is 5. The molecular formula is C23H27N4OS+. The Labute approximate surface area is 176 Å². The van der Waals surface area contributed by atoms with E-state index in [0.717, 1.165) is 48.8 Å². The van der Waals surface area contributed by atoms with E-state index in [4.69, 9.17) is 12.2 Å². The Balaban J connectivity index is 1.37. The van der Waals surface area contributed by atoms with E-state index < -0.39 is 0 Å². The number of likely N-dealkylation sites (tertiary alicyclic amines) is 1. The third-order valence-electron chi connectivity index (χ3n) is 5.74. The fourth-order valence-corrected chi connectivity index (χ4v) is 4.24. The van der Waals surface area contributed by atoms with Crippen LogP contribution in [0.2, 0.25) is 0 Å². The van der Waals surface area contributed by atoms with Crippen molar-refractivity contribution in [3.05, 3.63) is 71.6 Å². The number of nitrogens with one attached hydrogen (secondary N) is 2. The quantitative estimate of drug-likeness (QED) is 0.639. The number of hydrogen-bond donors (Lipinski definition) is 2. The highest BCUT2D eigenvalue weighted by molar-refractivity contribution is 7.71. The van der Waals surface area contributed by atoms with Crippen LogP contribution < -0.4 is 10.2 Å². The number of para-hydroxylation sites is 1. The van der Waals surface area contributed by atoms with Gasteiger partial charge in [-0.2, -0.15) is 0 Å². The zero-order valence-electron chi connectivity index (χ0n) is 16.7. The molecule has 2 N–H and O–H groups in total. The van der Waals surface area contributed by atoms with Crippen molar-refractivity contribution in [3.8, 4) is 11.3 Å². The number of quaternary nitrogens is 1. The lowest BCUT2D eigenvalue weighted by atomic mass is 9.96. The minimum Gasteiger partial charge on any atom is -0.326 e. The number of carbonyl (C=O) groups is 1. The molecular weight excluding hydrogens is 380 g/mol. The second-order valence-electron chi connectivity index (χ2n) is 7.73. The van der Waals surface area contributed by atoms with Gasteiger partial charge in [0.05, 0.1) is 18.8 Å². The van der Waals surface area contributed by atoms with Gasteiger partial charge in [-0.3, -0.25) is 9.36 Å². The van der Waals surface area contributed by atoms with E-state index in [0.29, 0.717) is 0 Å². The molecule has 3 aromatic rings. The van der Waals surface area contributed by atoms with Crippen LogP contribution in [0.4, 0.5) is 5.69 Å². The first-order valence-corrected chi connectivity index (χ1v) is 10.5. The molecule has 6 heteroatoms. The molecule has 2 heterocycles. The fraction of sp³-hybridized carbons (Fsp3) is 0.304. The summed E-state index contributed by atoms with van der Waals surface area (Å²) >= 11 is 5.67. The Bertz CT molecular complexity index is 1020. The average molecular weight is 408 g/mol. The van der Waals surface area contributed by atoms with Crippen molar-refractivity contribution in [1.82, 2.24) is 9.13 Å². The van der Waals surface area contributed by atoms with E-state index in [1.54, 1.807) is 0 Å². The van der Waals surface area contributed by atoms with E-state index in [-0.39, 0.29) is 11.8 Å². The van der Waals surface area contributed by atoms with Crippen molar-refractivity contribution in [2.45, 2.75) is 19.5 Å². The maximum Gasteiger partial charge on any atom is 0.227 e. The lowest BCUT2D eigenvalue weighted by molar-refractivity contribution is -0.928. The number of carbonyl (C=O) groups excluding carboxylic acids is 1. The summed E-state index contributed by atoms with van der Waals surface area (Å²) in [5, 5.41) is 3.04. The zero-order valence-corrected chi connectivity index (χ0v) is 17.5. The normalized spacial score (nSPS) is 19.1. The first kappa shape index (κ1) is 19.6. The van der Waals surface area contributed by atoms with Crippen molar-refractivity contribution >= 4 is 23.8 Å². The number of anilines is 1. The molecule has 29 heavy (non-hydrogen) atoms. The molecule has 4 rings (SSSR count). The highest BCUT2D eigenvalue weighted by Gasteiger charge is 2.28. The standard InChI is InChI=1S/C23H26N4OS/c1-25-21(18-8-4-2-5-9-18)16-27(23(25)29)17-26-14-12-19(13-15-26)22(28)24-20-10-6-3-7-11-20/h2-11,16,19H,12-15,17H2,1H3,(H,24,28)/p+1. The number of aromatic nitrogens is 2. The monoisotopic (exact) mass is 407 g/mol. The van der Waals surface area contributed by atoms with Crippen molar-refractivity contribution in [1.29, 1.82) is 0 Å². The maximum atomic E-state index is 12.5. The largest absolute Gasteiger partial charge is 0.326 e. The lowest BCUT2D eigenvalue weighted by Crippen LogP contribution is -3.12. The van der Waals surface area contributed by atoms with Crippen LogP contribution in [0.25, 0.3) is 11.3 Å². The molecule has 1 saturated heterocycles. The van der Waals surface area contributed by atoms with Crippen LogP contribution in [0, 0.1) is 10.7 Å². The third kappa shape index (κ3) is 4.49. The predicted molar refractivity (Wildman–Crippen MR) is 118 cm³/mol. The molecule has 0 bridgehead atoms. The third-order valence-corrected chi connectivity index (χ3v) is 6.25. The molecule has 0 unspecified atom stereocenters. The molecule has 1 fully saturated rings. The van der Waals surface area contributed by atoms with Gasteiger partial charge in [0.2, 0.25) is 5.91 Å². The van der Waals surface area contributed by atoms with Gasteiger partial charge in [0, 0.05) is 37.7 Å². The van der Waals surface area contributed by atoms with Crippen molar-refractivity contribution < 1.29 is 9.69 Å². The molecule has 0 spiro atoms. The number of imidazole rings is 1. The molecule has 150 valence electrons. The molecule has 0 radical (unpaired) electrons. The summed E-state index contributed by atoms with van der Waals surface area (Å²) in [6.45, 7) is 2.79. The summed E-state index contributed by atoms with van der Waals surface area (Å²) in [5.74, 6) is 0.223. The average Bonchev–Trinajstić information content (AvgIpc) is 3.04. The maximum absolute atomic E-state index is 12.5. The minimum atomic E-state index is 0.0857. The van der Waals surface area contributed by atoms with Crippen molar-refractivity contribution in [2.24, 2.45) is 13.0 Å². The van der Waals surface area contributed by atoms with Gasteiger partial charge in [-0.15, -0.1) is 0 Å². The van der Waals surface area contributed by atoms with Crippen LogP contribution in [0.5, 0.6) is 0 Å². The van der Waals surface area contributed by atoms with Gasteiger partial charge in [-0.1, -0.05) is 48.5 Å². The zero-order chi connectivity index (χ0) is 20.2. The molecule has 0 aliphatic carbocycles. The van der Waals surface area contributed by atoms with E-state index in [2.05, 4.69) is 32.8 Å². The molecule has 5 nitrogen and oxygen atoms in total. The second kappa shape index (κ2) is 8.76. The van der Waals surface area contributed by atoms with E-state index in [1.165, 1.54) is 10.5 Å². The van der Waals surface area contributed by atoms with Crippen LogP contribution in [0.15, 0.2) is 66.9 Å². The van der Waals surface area contributed by atoms with Gasteiger partial charge in [-0.25, -0.2) is 0 Å². The lowest BCUT2D eigenvalue weighted by Gasteiger charge is -2.28. The van der Waals surface area contributed by atoms with E-state index in [1.807, 2.05) is 55.6 Å². The summed E-state index contributed by atoms with van der Waals surface area (Å²) in [7, 11) is 2.02. The summed E-state index contributed by atoms with van der Waals surface area (Å²) in [6.07, 6.45) is 3.96. The summed E-state index contributed by atoms with van der Waals surface area (Å²) in [4.78, 5) is 14.0. The van der Waals surface area contributed by atoms with E-state index >= 15 is 0 Å². The van der Waals surface area contributed by atoms with Crippen LogP contribution >= 0.6 is 12.2 Å². The summed E-state index contributed by atoms with van der Waals surface area (Å²) in [6, 6.07) is 20.0. The van der Waals surface area contributed by atoms with Crippen LogP contribution in [-0.4, -0.2) is 28.1 Å². The fourth-order valence-electron chi connectivity index (χ4n) is 4.03. The predicted octanol–water partition coefficient (Wildman–Crippen LogP) is 3.11. The Morgan fingerprint density at radius 2 is 1.69 bits per heavy atom. The van der Waals surface area contributed by atoms with Crippen LogP contribution in [0.1, 0.15) is 12.8 Å². The highest BCUT2D eigenvalue weighted by atomic mass is 32.1. The Morgan fingerprint density at radius 1 is 1.07 bits per heavy atom. The molecule has 1 aliphatic heterocycles. The summed E-state index contributed by atoms with van der Waals surface area (Å²) < 4.78 is 5.07. The van der Waals surface area contributed by atoms with Gasteiger partial charge in [-0.05, 0) is 29.9 Å². The minimum absolute atomic E-state index is 0.0857. The molecule has 0 atom stereocenters. The number of piperidine rings is 1. The molecule has 2 aromatic carbocycles. The Morgan fingerprint density at radius 3 is 2.34 bits per heavy atom. The molecule has 1 aromatic heterocycles. The first-order chi connectivity index (χ1) is 14.1.